The molecule has 2 saturated carbocycles. The second-order valence-corrected chi connectivity index (χ2v) is 8.16. The van der Waals surface area contributed by atoms with E-state index in [1.165, 1.54) is 12.1 Å². The van der Waals surface area contributed by atoms with E-state index in [2.05, 4.69) is 4.72 Å². The maximum atomic E-state index is 12.4. The lowest BCUT2D eigenvalue weighted by Gasteiger charge is -2.14. The lowest BCUT2D eigenvalue weighted by Crippen LogP contribution is -2.32. The molecule has 23 heavy (non-hydrogen) atoms. The number of rotatable bonds is 5. The fraction of sp³-hybridized carbons (Fsp3) is 0.588. The molecule has 1 N–H and O–H groups in total. The van der Waals surface area contributed by atoms with Gasteiger partial charge >= 0.3 is 5.97 Å². The Morgan fingerprint density at radius 1 is 1.04 bits per heavy atom. The van der Waals surface area contributed by atoms with Gasteiger partial charge in [0.15, 0.2) is 0 Å². The van der Waals surface area contributed by atoms with Crippen LogP contribution in [-0.2, 0) is 14.8 Å². The molecular formula is C17H23NO4S. The summed E-state index contributed by atoms with van der Waals surface area (Å²) in [6.45, 7) is 0. The first-order valence-electron chi connectivity index (χ1n) is 8.38. The van der Waals surface area contributed by atoms with Crippen LogP contribution in [0.1, 0.15) is 61.7 Å². The second kappa shape index (κ2) is 7.01. The largest absolute Gasteiger partial charge is 0.459 e. The first kappa shape index (κ1) is 16.5. The molecule has 0 aromatic heterocycles. The molecule has 1 aromatic carbocycles. The molecule has 0 radical (unpaired) electrons. The summed E-state index contributed by atoms with van der Waals surface area (Å²) in [5, 5.41) is 0. The van der Waals surface area contributed by atoms with Crippen LogP contribution in [0.2, 0.25) is 0 Å². The number of carbonyl (C=O) groups is 1. The van der Waals surface area contributed by atoms with Gasteiger partial charge in [-0.1, -0.05) is 18.9 Å². The zero-order valence-corrected chi connectivity index (χ0v) is 14.0. The fourth-order valence-electron chi connectivity index (χ4n) is 3.35. The number of carbonyl (C=O) groups excluding carboxylic acids is 1. The normalized spacial score (nSPS) is 20.0. The molecule has 3 rings (SSSR count). The van der Waals surface area contributed by atoms with Crippen molar-refractivity contribution in [3.05, 3.63) is 29.8 Å². The third kappa shape index (κ3) is 4.12. The highest BCUT2D eigenvalue weighted by Crippen LogP contribution is 2.23. The van der Waals surface area contributed by atoms with E-state index in [0.717, 1.165) is 51.4 Å². The smallest absolute Gasteiger partial charge is 0.338 e. The summed E-state index contributed by atoms with van der Waals surface area (Å²) in [4.78, 5) is 12.3. The van der Waals surface area contributed by atoms with Crippen molar-refractivity contribution in [1.29, 1.82) is 0 Å². The first-order chi connectivity index (χ1) is 11.0. The molecule has 126 valence electrons. The zero-order valence-electron chi connectivity index (χ0n) is 13.2. The molecular weight excluding hydrogens is 314 g/mol. The Hall–Kier alpha value is -1.40. The van der Waals surface area contributed by atoms with E-state index in [1.807, 2.05) is 0 Å². The summed E-state index contributed by atoms with van der Waals surface area (Å²) < 4.78 is 33.1. The number of esters is 1. The van der Waals surface area contributed by atoms with Crippen LogP contribution >= 0.6 is 0 Å². The van der Waals surface area contributed by atoms with Crippen molar-refractivity contribution in [2.24, 2.45) is 0 Å². The average molecular weight is 337 g/mol. The molecule has 5 nitrogen and oxygen atoms in total. The number of nitrogens with one attached hydrogen (secondary N) is 1. The third-order valence-electron chi connectivity index (χ3n) is 4.63. The van der Waals surface area contributed by atoms with Crippen molar-refractivity contribution in [2.45, 2.75) is 68.4 Å². The van der Waals surface area contributed by atoms with Gasteiger partial charge in [-0.25, -0.2) is 17.9 Å². The van der Waals surface area contributed by atoms with Gasteiger partial charge in [0.1, 0.15) is 6.10 Å². The zero-order chi connectivity index (χ0) is 16.3. The number of ether oxygens (including phenoxy) is 1. The van der Waals surface area contributed by atoms with Crippen molar-refractivity contribution in [3.63, 3.8) is 0 Å². The Morgan fingerprint density at radius 2 is 1.70 bits per heavy atom. The topological polar surface area (TPSA) is 72.5 Å². The summed E-state index contributed by atoms with van der Waals surface area (Å²) in [7, 11) is -3.58. The fourth-order valence-corrected chi connectivity index (χ4v) is 4.70. The van der Waals surface area contributed by atoms with Crippen LogP contribution in [0.3, 0.4) is 0 Å². The van der Waals surface area contributed by atoms with E-state index in [4.69, 9.17) is 4.74 Å². The van der Waals surface area contributed by atoms with Gasteiger partial charge in [0, 0.05) is 6.04 Å². The van der Waals surface area contributed by atoms with Gasteiger partial charge in [-0.2, -0.15) is 0 Å². The molecule has 2 aliphatic rings. The minimum absolute atomic E-state index is 0.00842. The molecule has 0 saturated heterocycles. The molecule has 0 unspecified atom stereocenters. The van der Waals surface area contributed by atoms with E-state index in [9.17, 15) is 13.2 Å². The van der Waals surface area contributed by atoms with Crippen molar-refractivity contribution in [3.8, 4) is 0 Å². The molecule has 0 amide bonds. The van der Waals surface area contributed by atoms with Crippen LogP contribution in [0.4, 0.5) is 0 Å². The van der Waals surface area contributed by atoms with Crippen molar-refractivity contribution < 1.29 is 17.9 Å². The van der Waals surface area contributed by atoms with Gasteiger partial charge in [0.25, 0.3) is 0 Å². The second-order valence-electron chi connectivity index (χ2n) is 6.44. The molecule has 0 spiro atoms. The SMILES string of the molecule is O=C(OC1CCCC1)c1cccc(S(=O)(=O)NC2CCCC2)c1. The van der Waals surface area contributed by atoms with Crippen LogP contribution in [0, 0.1) is 0 Å². The highest BCUT2D eigenvalue weighted by Gasteiger charge is 2.25. The Morgan fingerprint density at radius 3 is 2.39 bits per heavy atom. The molecule has 2 fully saturated rings. The van der Waals surface area contributed by atoms with Crippen molar-refractivity contribution in [2.75, 3.05) is 0 Å². The number of benzene rings is 1. The maximum absolute atomic E-state index is 12.4. The van der Waals surface area contributed by atoms with E-state index in [-0.39, 0.29) is 17.0 Å². The Kier molecular flexibility index (Phi) is 5.02. The first-order valence-corrected chi connectivity index (χ1v) is 9.86. The van der Waals surface area contributed by atoms with Gasteiger partial charge < -0.3 is 4.74 Å². The van der Waals surface area contributed by atoms with E-state index in [0.29, 0.717) is 5.56 Å². The van der Waals surface area contributed by atoms with Gasteiger partial charge in [-0.15, -0.1) is 0 Å². The highest BCUT2D eigenvalue weighted by molar-refractivity contribution is 7.89. The Labute approximate surface area is 137 Å². The van der Waals surface area contributed by atoms with Crippen LogP contribution in [-0.4, -0.2) is 26.5 Å². The lowest BCUT2D eigenvalue weighted by atomic mass is 10.2. The summed E-state index contributed by atoms with van der Waals surface area (Å²) in [5.41, 5.74) is 0.297. The summed E-state index contributed by atoms with van der Waals surface area (Å²) >= 11 is 0. The van der Waals surface area contributed by atoms with Crippen LogP contribution in [0.25, 0.3) is 0 Å². The summed E-state index contributed by atoms with van der Waals surface area (Å²) in [6, 6.07) is 6.13. The van der Waals surface area contributed by atoms with Crippen LogP contribution < -0.4 is 4.72 Å². The molecule has 0 atom stereocenters. The molecule has 2 aliphatic carbocycles. The molecule has 6 heteroatoms. The Bertz CT molecular complexity index is 659. The standard InChI is InChI=1S/C17H23NO4S/c19-17(22-15-9-3-4-10-15)13-6-5-11-16(12-13)23(20,21)18-14-7-1-2-8-14/h5-6,11-12,14-15,18H,1-4,7-10H2. The predicted molar refractivity (Wildman–Crippen MR) is 86.7 cm³/mol. The van der Waals surface area contributed by atoms with Gasteiger partial charge in [0.2, 0.25) is 10.0 Å². The highest BCUT2D eigenvalue weighted by atomic mass is 32.2. The number of hydrogen-bond acceptors (Lipinski definition) is 4. The van der Waals surface area contributed by atoms with E-state index < -0.39 is 16.0 Å². The Balaban J connectivity index is 1.71. The summed E-state index contributed by atoms with van der Waals surface area (Å²) in [6.07, 6.45) is 7.79. The third-order valence-corrected chi connectivity index (χ3v) is 6.15. The molecule has 0 heterocycles. The van der Waals surface area contributed by atoms with E-state index in [1.54, 1.807) is 12.1 Å². The number of hydrogen-bond donors (Lipinski definition) is 1. The lowest BCUT2D eigenvalue weighted by molar-refractivity contribution is 0.0317. The van der Waals surface area contributed by atoms with Crippen LogP contribution in [0.5, 0.6) is 0 Å². The number of sulfonamides is 1. The molecule has 1 aromatic rings. The molecule has 0 bridgehead atoms. The van der Waals surface area contributed by atoms with Crippen molar-refractivity contribution in [1.82, 2.24) is 4.72 Å². The van der Waals surface area contributed by atoms with Gasteiger partial charge in [0.05, 0.1) is 10.5 Å². The minimum Gasteiger partial charge on any atom is -0.459 e. The quantitative estimate of drug-likeness (QED) is 0.838. The van der Waals surface area contributed by atoms with Gasteiger partial charge in [-0.05, 0) is 56.7 Å². The van der Waals surface area contributed by atoms with Crippen molar-refractivity contribution >= 4 is 16.0 Å². The van der Waals surface area contributed by atoms with Gasteiger partial charge in [-0.3, -0.25) is 0 Å². The van der Waals surface area contributed by atoms with Crippen LogP contribution in [0.15, 0.2) is 29.2 Å². The minimum atomic E-state index is -3.58. The van der Waals surface area contributed by atoms with E-state index >= 15 is 0 Å². The maximum Gasteiger partial charge on any atom is 0.338 e. The average Bonchev–Trinajstić information content (AvgIpc) is 3.21. The monoisotopic (exact) mass is 337 g/mol. The summed E-state index contributed by atoms with van der Waals surface area (Å²) in [5.74, 6) is -0.435. The predicted octanol–water partition coefficient (Wildman–Crippen LogP) is 3.01. The molecule has 0 aliphatic heterocycles.